The molecule has 3 rings (SSSR count). The minimum absolute atomic E-state index is 0.0710. The molecule has 0 fully saturated rings. The number of hydrogen-bond donors (Lipinski definition) is 2. The molecular formula is C20H17N3O. The summed E-state index contributed by atoms with van der Waals surface area (Å²) in [6, 6.07) is 17.1. The molecule has 0 spiro atoms. The number of carbonyl (C=O) groups is 1. The van der Waals surface area contributed by atoms with Crippen LogP contribution in [-0.2, 0) is 11.2 Å². The van der Waals surface area contributed by atoms with Gasteiger partial charge in [0, 0.05) is 28.4 Å². The normalized spacial score (nSPS) is 11.2. The van der Waals surface area contributed by atoms with Gasteiger partial charge in [-0.1, -0.05) is 43.3 Å². The molecule has 118 valence electrons. The summed E-state index contributed by atoms with van der Waals surface area (Å²) in [5.41, 5.74) is 3.82. The van der Waals surface area contributed by atoms with Crippen LogP contribution in [0.4, 0.5) is 5.69 Å². The first-order valence-electron chi connectivity index (χ1n) is 7.80. The number of aromatic amines is 1. The number of nitrogens with one attached hydrogen (secondary N) is 2. The molecule has 0 atom stereocenters. The first-order valence-corrected chi connectivity index (χ1v) is 7.80. The van der Waals surface area contributed by atoms with Gasteiger partial charge in [0.15, 0.2) is 0 Å². The zero-order valence-electron chi connectivity index (χ0n) is 13.3. The average Bonchev–Trinajstić information content (AvgIpc) is 3.03. The Hall–Kier alpha value is -3.32. The topological polar surface area (TPSA) is 68.7 Å². The average molecular weight is 315 g/mol. The predicted molar refractivity (Wildman–Crippen MR) is 96.3 cm³/mol. The molecule has 0 aliphatic rings. The number of aryl methyl sites for hydroxylation is 1. The van der Waals surface area contributed by atoms with Crippen LogP contribution in [0.3, 0.4) is 0 Å². The second-order valence-corrected chi connectivity index (χ2v) is 5.43. The molecule has 3 aromatic rings. The lowest BCUT2D eigenvalue weighted by Gasteiger charge is -2.03. The fourth-order valence-electron chi connectivity index (χ4n) is 2.68. The van der Waals surface area contributed by atoms with E-state index < -0.39 is 5.91 Å². The molecular weight excluding hydrogens is 298 g/mol. The van der Waals surface area contributed by atoms with Crippen LogP contribution < -0.4 is 5.32 Å². The third-order valence-corrected chi connectivity index (χ3v) is 3.91. The lowest BCUT2D eigenvalue weighted by Crippen LogP contribution is -2.13. The number of benzene rings is 2. The predicted octanol–water partition coefficient (Wildman–Crippen LogP) is 4.28. The van der Waals surface area contributed by atoms with Gasteiger partial charge in [-0.2, -0.15) is 5.26 Å². The Morgan fingerprint density at radius 2 is 2.00 bits per heavy atom. The van der Waals surface area contributed by atoms with E-state index >= 15 is 0 Å². The number of hydrogen-bond acceptors (Lipinski definition) is 2. The van der Waals surface area contributed by atoms with Gasteiger partial charge < -0.3 is 10.3 Å². The Morgan fingerprint density at radius 3 is 2.71 bits per heavy atom. The number of anilines is 1. The van der Waals surface area contributed by atoms with Crippen molar-refractivity contribution in [3.63, 3.8) is 0 Å². The summed E-state index contributed by atoms with van der Waals surface area (Å²) in [5.74, 6) is -0.412. The quantitative estimate of drug-likeness (QED) is 0.557. The smallest absolute Gasteiger partial charge is 0.266 e. The fraction of sp³-hybridized carbons (Fsp3) is 0.100. The van der Waals surface area contributed by atoms with Crippen molar-refractivity contribution in [3.8, 4) is 6.07 Å². The van der Waals surface area contributed by atoms with Crippen molar-refractivity contribution in [2.45, 2.75) is 13.3 Å². The van der Waals surface area contributed by atoms with Crippen molar-refractivity contribution < 1.29 is 4.79 Å². The largest absolute Gasteiger partial charge is 0.360 e. The van der Waals surface area contributed by atoms with Gasteiger partial charge in [-0.05, 0) is 30.2 Å². The molecule has 1 heterocycles. The zero-order valence-corrected chi connectivity index (χ0v) is 13.3. The molecule has 0 radical (unpaired) electrons. The van der Waals surface area contributed by atoms with Gasteiger partial charge >= 0.3 is 0 Å². The fourth-order valence-corrected chi connectivity index (χ4v) is 2.68. The molecule has 0 bridgehead atoms. The Morgan fingerprint density at radius 1 is 1.21 bits per heavy atom. The monoisotopic (exact) mass is 315 g/mol. The van der Waals surface area contributed by atoms with E-state index in [1.54, 1.807) is 18.2 Å². The van der Waals surface area contributed by atoms with Gasteiger partial charge in [0.1, 0.15) is 11.6 Å². The first-order chi connectivity index (χ1) is 11.7. The van der Waals surface area contributed by atoms with E-state index in [2.05, 4.69) is 23.3 Å². The maximum absolute atomic E-state index is 12.3. The van der Waals surface area contributed by atoms with Crippen LogP contribution >= 0.6 is 0 Å². The number of para-hydroxylation sites is 2. The summed E-state index contributed by atoms with van der Waals surface area (Å²) >= 11 is 0. The van der Waals surface area contributed by atoms with Gasteiger partial charge in [-0.15, -0.1) is 0 Å². The number of amides is 1. The van der Waals surface area contributed by atoms with E-state index in [0.717, 1.165) is 22.9 Å². The van der Waals surface area contributed by atoms with Crippen LogP contribution in [-0.4, -0.2) is 10.9 Å². The Kier molecular flexibility index (Phi) is 4.44. The highest BCUT2D eigenvalue weighted by Gasteiger charge is 2.11. The molecule has 4 nitrogen and oxygen atoms in total. The van der Waals surface area contributed by atoms with Gasteiger partial charge in [-0.25, -0.2) is 0 Å². The molecule has 0 aliphatic carbocycles. The lowest BCUT2D eigenvalue weighted by atomic mass is 10.1. The highest BCUT2D eigenvalue weighted by molar-refractivity contribution is 6.10. The number of nitriles is 1. The van der Waals surface area contributed by atoms with E-state index in [4.69, 9.17) is 0 Å². The summed E-state index contributed by atoms with van der Waals surface area (Å²) < 4.78 is 0. The molecule has 0 unspecified atom stereocenters. The van der Waals surface area contributed by atoms with Crippen molar-refractivity contribution in [1.82, 2.24) is 4.98 Å². The Labute approximate surface area is 140 Å². The molecule has 1 aromatic heterocycles. The van der Waals surface area contributed by atoms with Crippen LogP contribution in [0.1, 0.15) is 18.1 Å². The number of rotatable bonds is 4. The van der Waals surface area contributed by atoms with Crippen molar-refractivity contribution in [3.05, 3.63) is 71.4 Å². The van der Waals surface area contributed by atoms with Crippen molar-refractivity contribution in [1.29, 1.82) is 5.26 Å². The van der Waals surface area contributed by atoms with Gasteiger partial charge in [0.2, 0.25) is 0 Å². The van der Waals surface area contributed by atoms with E-state index in [1.165, 1.54) is 5.56 Å². The SMILES string of the molecule is CCc1cccc2c(/C=C(\C#N)C(=O)Nc3ccccc3)c[nH]c12. The molecule has 0 saturated heterocycles. The maximum atomic E-state index is 12.3. The van der Waals surface area contributed by atoms with Crippen molar-refractivity contribution in [2.24, 2.45) is 0 Å². The first kappa shape index (κ1) is 15.6. The van der Waals surface area contributed by atoms with Gasteiger partial charge in [-0.3, -0.25) is 4.79 Å². The number of H-pyrrole nitrogens is 1. The molecule has 0 saturated carbocycles. The van der Waals surface area contributed by atoms with Crippen LogP contribution in [0.25, 0.3) is 17.0 Å². The Balaban J connectivity index is 1.94. The number of nitrogens with zero attached hydrogens (tertiary/aromatic N) is 1. The number of aromatic nitrogens is 1. The molecule has 2 aromatic carbocycles. The molecule has 24 heavy (non-hydrogen) atoms. The molecule has 1 amide bonds. The number of fused-ring (bicyclic) bond motifs is 1. The summed E-state index contributed by atoms with van der Waals surface area (Å²) in [4.78, 5) is 15.6. The van der Waals surface area contributed by atoms with Gasteiger partial charge in [0.25, 0.3) is 5.91 Å². The van der Waals surface area contributed by atoms with Crippen LogP contribution in [0.2, 0.25) is 0 Å². The summed E-state index contributed by atoms with van der Waals surface area (Å²) in [6.07, 6.45) is 4.37. The second kappa shape index (κ2) is 6.84. The second-order valence-electron chi connectivity index (χ2n) is 5.43. The zero-order chi connectivity index (χ0) is 16.9. The van der Waals surface area contributed by atoms with E-state index in [-0.39, 0.29) is 5.57 Å². The third-order valence-electron chi connectivity index (χ3n) is 3.91. The summed E-state index contributed by atoms with van der Waals surface area (Å²) in [7, 11) is 0. The highest BCUT2D eigenvalue weighted by atomic mass is 16.1. The highest BCUT2D eigenvalue weighted by Crippen LogP contribution is 2.24. The van der Waals surface area contributed by atoms with E-state index in [9.17, 15) is 10.1 Å². The van der Waals surface area contributed by atoms with Crippen molar-refractivity contribution >= 4 is 28.6 Å². The van der Waals surface area contributed by atoms with E-state index in [1.807, 2.05) is 42.6 Å². The minimum atomic E-state index is -0.412. The molecule has 2 N–H and O–H groups in total. The van der Waals surface area contributed by atoms with E-state index in [0.29, 0.717) is 5.69 Å². The third kappa shape index (κ3) is 3.06. The van der Waals surface area contributed by atoms with Gasteiger partial charge in [0.05, 0.1) is 0 Å². The minimum Gasteiger partial charge on any atom is -0.360 e. The summed E-state index contributed by atoms with van der Waals surface area (Å²) in [5, 5.41) is 13.1. The number of carbonyl (C=O) groups excluding carboxylic acids is 1. The maximum Gasteiger partial charge on any atom is 0.266 e. The molecule has 4 heteroatoms. The van der Waals surface area contributed by atoms with Crippen molar-refractivity contribution in [2.75, 3.05) is 5.32 Å². The lowest BCUT2D eigenvalue weighted by molar-refractivity contribution is -0.112. The summed E-state index contributed by atoms with van der Waals surface area (Å²) in [6.45, 7) is 2.10. The van der Waals surface area contributed by atoms with Crippen LogP contribution in [0.15, 0.2) is 60.3 Å². The molecule has 0 aliphatic heterocycles. The standard InChI is InChI=1S/C20H17N3O/c1-2-14-7-6-10-18-16(13-22-19(14)18)11-15(12-21)20(24)23-17-8-4-3-5-9-17/h3-11,13,22H,2H2,1H3,(H,23,24)/b15-11+. The van der Waals surface area contributed by atoms with Crippen LogP contribution in [0, 0.1) is 11.3 Å². The van der Waals surface area contributed by atoms with Crippen LogP contribution in [0.5, 0.6) is 0 Å². The Bertz CT molecular complexity index is 946.